The molecule has 0 saturated carbocycles. The number of rotatable bonds is 1. The van der Waals surface area contributed by atoms with Crippen LogP contribution in [0.25, 0.3) is 0 Å². The predicted molar refractivity (Wildman–Crippen MR) is 43.9 cm³/mol. The number of nitrogens with zero attached hydrogens (tertiary/aromatic N) is 1. The molecule has 72 valence electrons. The van der Waals surface area contributed by atoms with Gasteiger partial charge in [0.15, 0.2) is 0 Å². The summed E-state index contributed by atoms with van der Waals surface area (Å²) in [6.07, 6.45) is 2.91. The summed E-state index contributed by atoms with van der Waals surface area (Å²) in [5.41, 5.74) is -0.223. The highest BCUT2D eigenvalue weighted by molar-refractivity contribution is 5.73. The third kappa shape index (κ3) is 0.718. The Balaban J connectivity index is 2.03. The van der Waals surface area contributed by atoms with Crippen LogP contribution in [0, 0.1) is 5.92 Å². The Kier molecular flexibility index (Phi) is 1.23. The molecule has 0 spiro atoms. The molecule has 3 fully saturated rings. The van der Waals surface area contributed by atoms with Crippen molar-refractivity contribution < 1.29 is 14.7 Å². The van der Waals surface area contributed by atoms with Crippen LogP contribution in [-0.2, 0) is 9.63 Å². The molecule has 3 aliphatic heterocycles. The maximum Gasteiger partial charge on any atom is 0.311 e. The van der Waals surface area contributed by atoms with Gasteiger partial charge in [0.1, 0.15) is 5.92 Å². The smallest absolute Gasteiger partial charge is 0.311 e. The SMILES string of the molecule is CC12CCC3C[C@H](ON31)C2C(=O)O. The van der Waals surface area contributed by atoms with Crippen LogP contribution in [0.15, 0.2) is 0 Å². The van der Waals surface area contributed by atoms with Gasteiger partial charge < -0.3 is 5.11 Å². The molecule has 2 bridgehead atoms. The van der Waals surface area contributed by atoms with E-state index in [1.165, 1.54) is 0 Å². The van der Waals surface area contributed by atoms with E-state index in [9.17, 15) is 4.79 Å². The minimum atomic E-state index is -0.699. The summed E-state index contributed by atoms with van der Waals surface area (Å²) in [5.74, 6) is -1.01. The number of aliphatic carboxylic acids is 1. The molecule has 0 radical (unpaired) electrons. The molecule has 3 heterocycles. The van der Waals surface area contributed by atoms with E-state index < -0.39 is 5.97 Å². The van der Waals surface area contributed by atoms with Crippen LogP contribution in [0.1, 0.15) is 26.2 Å². The topological polar surface area (TPSA) is 49.8 Å². The van der Waals surface area contributed by atoms with E-state index in [2.05, 4.69) is 0 Å². The highest BCUT2D eigenvalue weighted by Gasteiger charge is 2.65. The normalized spacial score (nSPS) is 53.2. The summed E-state index contributed by atoms with van der Waals surface area (Å²) in [7, 11) is 0. The van der Waals surface area contributed by atoms with Gasteiger partial charge in [-0.2, -0.15) is 5.06 Å². The van der Waals surface area contributed by atoms with Gasteiger partial charge >= 0.3 is 5.97 Å². The molecule has 0 aromatic carbocycles. The maximum atomic E-state index is 11.1. The van der Waals surface area contributed by atoms with Crippen LogP contribution in [0.3, 0.4) is 0 Å². The first kappa shape index (κ1) is 7.76. The Morgan fingerprint density at radius 3 is 3.15 bits per heavy atom. The van der Waals surface area contributed by atoms with Crippen LogP contribution in [0.4, 0.5) is 0 Å². The van der Waals surface area contributed by atoms with Gasteiger partial charge in [-0.3, -0.25) is 9.63 Å². The fourth-order valence-corrected chi connectivity index (χ4v) is 3.30. The molecule has 3 saturated heterocycles. The van der Waals surface area contributed by atoms with E-state index in [1.54, 1.807) is 0 Å². The number of hydrogen-bond donors (Lipinski definition) is 1. The zero-order valence-corrected chi connectivity index (χ0v) is 7.56. The summed E-state index contributed by atoms with van der Waals surface area (Å²) in [4.78, 5) is 16.7. The van der Waals surface area contributed by atoms with Crippen molar-refractivity contribution in [1.82, 2.24) is 5.06 Å². The lowest BCUT2D eigenvalue weighted by Gasteiger charge is -2.33. The molecule has 3 aliphatic rings. The molecule has 0 aliphatic carbocycles. The molecule has 3 unspecified atom stereocenters. The lowest BCUT2D eigenvalue weighted by molar-refractivity contribution is -0.147. The van der Waals surface area contributed by atoms with Crippen molar-refractivity contribution in [3.8, 4) is 0 Å². The second kappa shape index (κ2) is 2.07. The molecule has 13 heavy (non-hydrogen) atoms. The standard InChI is InChI=1S/C9H13NO3/c1-9-3-2-5-4-6(13-10(5)9)7(9)8(11)12/h5-7H,2-4H2,1H3,(H,11,12)/t5?,6-,7?,9?/m0/s1. The second-order valence-electron chi connectivity index (χ2n) is 4.57. The zero-order valence-electron chi connectivity index (χ0n) is 7.56. The van der Waals surface area contributed by atoms with Gasteiger partial charge in [-0.1, -0.05) is 0 Å². The Hall–Kier alpha value is -0.610. The highest BCUT2D eigenvalue weighted by atomic mass is 16.7. The third-order valence-corrected chi connectivity index (χ3v) is 3.88. The average molecular weight is 183 g/mol. The van der Waals surface area contributed by atoms with Crippen molar-refractivity contribution in [3.05, 3.63) is 0 Å². The molecule has 0 aromatic heterocycles. The molecule has 4 atom stereocenters. The average Bonchev–Trinajstić information content (AvgIpc) is 2.57. The van der Waals surface area contributed by atoms with Gasteiger partial charge in [0.2, 0.25) is 0 Å². The second-order valence-corrected chi connectivity index (χ2v) is 4.57. The number of piperidine rings is 1. The van der Waals surface area contributed by atoms with Crippen LogP contribution in [0.5, 0.6) is 0 Å². The Labute approximate surface area is 76.4 Å². The quantitative estimate of drug-likeness (QED) is 0.647. The summed E-state index contributed by atoms with van der Waals surface area (Å²) in [6.45, 7) is 2.02. The van der Waals surface area contributed by atoms with Gasteiger partial charge in [-0.15, -0.1) is 0 Å². The van der Waals surface area contributed by atoms with Crippen LogP contribution >= 0.6 is 0 Å². The monoisotopic (exact) mass is 183 g/mol. The van der Waals surface area contributed by atoms with E-state index >= 15 is 0 Å². The molecular weight excluding hydrogens is 170 g/mol. The number of carboxylic acids is 1. The van der Waals surface area contributed by atoms with Gasteiger partial charge in [0, 0.05) is 6.04 Å². The first-order valence-electron chi connectivity index (χ1n) is 4.82. The van der Waals surface area contributed by atoms with Crippen molar-refractivity contribution >= 4 is 5.97 Å². The van der Waals surface area contributed by atoms with E-state index in [0.29, 0.717) is 6.04 Å². The summed E-state index contributed by atoms with van der Waals surface area (Å²) in [5, 5.41) is 11.1. The number of carbonyl (C=O) groups is 1. The first-order valence-corrected chi connectivity index (χ1v) is 4.82. The molecular formula is C9H13NO3. The Morgan fingerprint density at radius 2 is 2.46 bits per heavy atom. The number of hydrogen-bond acceptors (Lipinski definition) is 3. The third-order valence-electron chi connectivity index (χ3n) is 3.88. The Morgan fingerprint density at radius 1 is 1.69 bits per heavy atom. The molecule has 4 heteroatoms. The highest BCUT2D eigenvalue weighted by Crippen LogP contribution is 2.54. The molecule has 0 amide bonds. The molecule has 1 N–H and O–H groups in total. The fourth-order valence-electron chi connectivity index (χ4n) is 3.30. The van der Waals surface area contributed by atoms with Gasteiger partial charge in [0.05, 0.1) is 11.6 Å². The minimum Gasteiger partial charge on any atom is -0.481 e. The predicted octanol–water partition coefficient (Wildman–Crippen LogP) is 0.628. The number of carboxylic acid groups (broad SMARTS) is 1. The lowest BCUT2D eigenvalue weighted by Crippen LogP contribution is -2.49. The van der Waals surface area contributed by atoms with Gasteiger partial charge in [-0.05, 0) is 26.2 Å². The maximum absolute atomic E-state index is 11.1. The minimum absolute atomic E-state index is 0.0602. The van der Waals surface area contributed by atoms with Crippen molar-refractivity contribution in [1.29, 1.82) is 0 Å². The van der Waals surface area contributed by atoms with Crippen LogP contribution in [0.2, 0.25) is 0 Å². The lowest BCUT2D eigenvalue weighted by atomic mass is 9.80. The van der Waals surface area contributed by atoms with Crippen molar-refractivity contribution in [2.45, 2.75) is 43.9 Å². The fraction of sp³-hybridized carbons (Fsp3) is 0.889. The number of fused-ring (bicyclic) bond motifs is 1. The molecule has 0 aromatic rings. The molecule has 4 nitrogen and oxygen atoms in total. The van der Waals surface area contributed by atoms with E-state index in [-0.39, 0.29) is 17.6 Å². The van der Waals surface area contributed by atoms with Crippen molar-refractivity contribution in [3.63, 3.8) is 0 Å². The number of hydroxylamine groups is 2. The van der Waals surface area contributed by atoms with E-state index in [4.69, 9.17) is 9.94 Å². The first-order chi connectivity index (χ1) is 6.13. The molecule has 3 rings (SSSR count). The summed E-state index contributed by atoms with van der Waals surface area (Å²) >= 11 is 0. The summed E-state index contributed by atoms with van der Waals surface area (Å²) in [6, 6.07) is 0.491. The van der Waals surface area contributed by atoms with E-state index in [1.807, 2.05) is 12.0 Å². The van der Waals surface area contributed by atoms with Crippen molar-refractivity contribution in [2.24, 2.45) is 5.92 Å². The van der Waals surface area contributed by atoms with Crippen LogP contribution < -0.4 is 0 Å². The largest absolute Gasteiger partial charge is 0.481 e. The van der Waals surface area contributed by atoms with Crippen LogP contribution in [-0.4, -0.2) is 33.8 Å². The van der Waals surface area contributed by atoms with Gasteiger partial charge in [0.25, 0.3) is 0 Å². The van der Waals surface area contributed by atoms with Crippen molar-refractivity contribution in [2.75, 3.05) is 0 Å². The van der Waals surface area contributed by atoms with E-state index in [0.717, 1.165) is 19.3 Å². The zero-order chi connectivity index (χ0) is 9.22. The Bertz CT molecular complexity index is 280. The summed E-state index contributed by atoms with van der Waals surface area (Å²) < 4.78 is 0. The van der Waals surface area contributed by atoms with Gasteiger partial charge in [-0.25, -0.2) is 0 Å².